The lowest BCUT2D eigenvalue weighted by Gasteiger charge is -2.22. The molecule has 0 atom stereocenters. The third-order valence-electron chi connectivity index (χ3n) is 3.07. The molecular formula is C13H17ClF2N2OS. The zero-order chi connectivity index (χ0) is 13.7. The van der Waals surface area contributed by atoms with Crippen molar-refractivity contribution in [1.29, 1.82) is 0 Å². The minimum absolute atomic E-state index is 0. The third kappa shape index (κ3) is 4.92. The number of anilines is 1. The molecule has 0 bridgehead atoms. The standard InChI is InChI=1S/C13H16F2N2OS.ClH/c14-13(15)19-11-4-2-1-3-10(11)17-12(18)9-5-7-16-8-6-9;/h1-4,9,13,16H,5-8H2,(H,17,18);1H. The molecule has 2 rings (SSSR count). The van der Waals surface area contributed by atoms with E-state index in [-0.39, 0.29) is 24.2 Å². The number of alkyl halides is 2. The molecule has 1 aromatic carbocycles. The maximum Gasteiger partial charge on any atom is 0.288 e. The number of piperidine rings is 1. The normalized spacial score (nSPS) is 15.8. The first-order valence-electron chi connectivity index (χ1n) is 6.22. The highest BCUT2D eigenvalue weighted by molar-refractivity contribution is 7.99. The Hall–Kier alpha value is -0.850. The minimum atomic E-state index is -2.49. The molecular weight excluding hydrogens is 306 g/mol. The largest absolute Gasteiger partial charge is 0.325 e. The van der Waals surface area contributed by atoms with Gasteiger partial charge in [-0.2, -0.15) is 8.78 Å². The van der Waals surface area contributed by atoms with E-state index in [1.54, 1.807) is 24.3 Å². The van der Waals surface area contributed by atoms with Gasteiger partial charge >= 0.3 is 0 Å². The van der Waals surface area contributed by atoms with Gasteiger partial charge in [-0.1, -0.05) is 23.9 Å². The maximum atomic E-state index is 12.4. The summed E-state index contributed by atoms with van der Waals surface area (Å²) in [6.07, 6.45) is 1.58. The van der Waals surface area contributed by atoms with Crippen LogP contribution >= 0.6 is 24.2 Å². The fourth-order valence-corrected chi connectivity index (χ4v) is 2.68. The Kier molecular flexibility index (Phi) is 7.26. The van der Waals surface area contributed by atoms with Crippen molar-refractivity contribution in [2.75, 3.05) is 18.4 Å². The van der Waals surface area contributed by atoms with Gasteiger partial charge in [0.2, 0.25) is 5.91 Å². The lowest BCUT2D eigenvalue weighted by Crippen LogP contribution is -2.34. The van der Waals surface area contributed by atoms with Crippen molar-refractivity contribution in [3.8, 4) is 0 Å². The molecule has 1 fully saturated rings. The number of benzene rings is 1. The molecule has 1 aliphatic rings. The second-order valence-electron chi connectivity index (χ2n) is 4.39. The Labute approximate surface area is 127 Å². The molecule has 0 saturated carbocycles. The second kappa shape index (κ2) is 8.44. The molecule has 0 unspecified atom stereocenters. The van der Waals surface area contributed by atoms with Gasteiger partial charge in [0.1, 0.15) is 0 Å². The van der Waals surface area contributed by atoms with E-state index in [1.165, 1.54) is 0 Å². The van der Waals surface area contributed by atoms with Crippen LogP contribution in [0.1, 0.15) is 12.8 Å². The highest BCUT2D eigenvalue weighted by Crippen LogP contribution is 2.32. The smallest absolute Gasteiger partial charge is 0.288 e. The number of carbonyl (C=O) groups excluding carboxylic acids is 1. The Morgan fingerprint density at radius 1 is 1.30 bits per heavy atom. The maximum absolute atomic E-state index is 12.4. The molecule has 1 aliphatic heterocycles. The number of thioether (sulfide) groups is 1. The van der Waals surface area contributed by atoms with E-state index in [9.17, 15) is 13.6 Å². The number of amides is 1. The first-order chi connectivity index (χ1) is 9.16. The van der Waals surface area contributed by atoms with Crippen molar-refractivity contribution < 1.29 is 13.6 Å². The number of halogens is 3. The van der Waals surface area contributed by atoms with Crippen molar-refractivity contribution in [1.82, 2.24) is 5.32 Å². The number of hydrogen-bond donors (Lipinski definition) is 2. The van der Waals surface area contributed by atoms with Crippen LogP contribution < -0.4 is 10.6 Å². The van der Waals surface area contributed by atoms with E-state index in [0.717, 1.165) is 25.9 Å². The molecule has 1 saturated heterocycles. The van der Waals surface area contributed by atoms with Gasteiger partial charge in [-0.25, -0.2) is 0 Å². The summed E-state index contributed by atoms with van der Waals surface area (Å²) >= 11 is 0.453. The molecule has 1 heterocycles. The van der Waals surface area contributed by atoms with E-state index in [1.807, 2.05) is 0 Å². The highest BCUT2D eigenvalue weighted by atomic mass is 35.5. The Morgan fingerprint density at radius 3 is 2.60 bits per heavy atom. The lowest BCUT2D eigenvalue weighted by atomic mass is 9.97. The van der Waals surface area contributed by atoms with E-state index in [2.05, 4.69) is 10.6 Å². The summed E-state index contributed by atoms with van der Waals surface area (Å²) in [5.74, 6) is -2.60. The van der Waals surface area contributed by atoms with E-state index < -0.39 is 5.76 Å². The molecule has 112 valence electrons. The SMILES string of the molecule is Cl.O=C(Nc1ccccc1SC(F)F)C1CCNCC1. The zero-order valence-electron chi connectivity index (χ0n) is 10.8. The van der Waals surface area contributed by atoms with Gasteiger partial charge in [-0.05, 0) is 38.1 Å². The Balaban J connectivity index is 0.00000200. The van der Waals surface area contributed by atoms with Crippen LogP contribution in [0.3, 0.4) is 0 Å². The van der Waals surface area contributed by atoms with Gasteiger partial charge < -0.3 is 10.6 Å². The molecule has 3 nitrogen and oxygen atoms in total. The number of para-hydroxylation sites is 1. The van der Waals surface area contributed by atoms with Crippen molar-refractivity contribution in [2.24, 2.45) is 5.92 Å². The summed E-state index contributed by atoms with van der Waals surface area (Å²) < 4.78 is 24.9. The van der Waals surface area contributed by atoms with Gasteiger partial charge in [0.25, 0.3) is 5.76 Å². The molecule has 0 radical (unpaired) electrons. The number of carbonyl (C=O) groups is 1. The first-order valence-corrected chi connectivity index (χ1v) is 7.10. The summed E-state index contributed by atoms with van der Waals surface area (Å²) in [4.78, 5) is 12.5. The number of nitrogens with one attached hydrogen (secondary N) is 2. The van der Waals surface area contributed by atoms with E-state index >= 15 is 0 Å². The fourth-order valence-electron chi connectivity index (χ4n) is 2.09. The first kappa shape index (κ1) is 17.2. The van der Waals surface area contributed by atoms with E-state index in [0.29, 0.717) is 22.3 Å². The van der Waals surface area contributed by atoms with Crippen LogP contribution in [0.25, 0.3) is 0 Å². The Morgan fingerprint density at radius 2 is 1.95 bits per heavy atom. The van der Waals surface area contributed by atoms with Gasteiger partial charge in [0.15, 0.2) is 0 Å². The summed E-state index contributed by atoms with van der Waals surface area (Å²) in [6.45, 7) is 1.65. The van der Waals surface area contributed by atoms with Crippen LogP contribution in [0.5, 0.6) is 0 Å². The number of rotatable bonds is 4. The van der Waals surface area contributed by atoms with Crippen LogP contribution in [-0.4, -0.2) is 24.8 Å². The average molecular weight is 323 g/mol. The minimum Gasteiger partial charge on any atom is -0.325 e. The summed E-state index contributed by atoms with van der Waals surface area (Å²) in [5, 5.41) is 5.95. The van der Waals surface area contributed by atoms with Crippen LogP contribution in [0, 0.1) is 5.92 Å². The predicted octanol–water partition coefficient (Wildman–Crippen LogP) is 3.36. The topological polar surface area (TPSA) is 41.1 Å². The summed E-state index contributed by atoms with van der Waals surface area (Å²) in [6, 6.07) is 6.66. The van der Waals surface area contributed by atoms with Crippen molar-refractivity contribution in [2.45, 2.75) is 23.5 Å². The molecule has 7 heteroatoms. The highest BCUT2D eigenvalue weighted by Gasteiger charge is 2.21. The van der Waals surface area contributed by atoms with Crippen molar-refractivity contribution >= 4 is 35.8 Å². The van der Waals surface area contributed by atoms with Gasteiger partial charge in [0.05, 0.1) is 5.69 Å². The molecule has 0 aliphatic carbocycles. The van der Waals surface area contributed by atoms with Crippen LogP contribution in [-0.2, 0) is 4.79 Å². The molecule has 0 spiro atoms. The van der Waals surface area contributed by atoms with Crippen LogP contribution in [0.15, 0.2) is 29.2 Å². The molecule has 1 amide bonds. The molecule has 2 N–H and O–H groups in total. The lowest BCUT2D eigenvalue weighted by molar-refractivity contribution is -0.120. The molecule has 1 aromatic rings. The Bertz CT molecular complexity index is 442. The van der Waals surface area contributed by atoms with Gasteiger partial charge in [0, 0.05) is 10.8 Å². The molecule has 20 heavy (non-hydrogen) atoms. The van der Waals surface area contributed by atoms with E-state index in [4.69, 9.17) is 0 Å². The van der Waals surface area contributed by atoms with Crippen molar-refractivity contribution in [3.05, 3.63) is 24.3 Å². The van der Waals surface area contributed by atoms with Crippen molar-refractivity contribution in [3.63, 3.8) is 0 Å². The predicted molar refractivity (Wildman–Crippen MR) is 79.8 cm³/mol. The average Bonchev–Trinajstić information content (AvgIpc) is 2.41. The van der Waals surface area contributed by atoms with Gasteiger partial charge in [-0.3, -0.25) is 4.79 Å². The second-order valence-corrected chi connectivity index (χ2v) is 5.42. The van der Waals surface area contributed by atoms with Gasteiger partial charge in [-0.15, -0.1) is 12.4 Å². The third-order valence-corrected chi connectivity index (χ3v) is 3.86. The number of hydrogen-bond acceptors (Lipinski definition) is 3. The summed E-state index contributed by atoms with van der Waals surface area (Å²) in [5.41, 5.74) is 0.469. The quantitative estimate of drug-likeness (QED) is 0.835. The zero-order valence-corrected chi connectivity index (χ0v) is 12.4. The van der Waals surface area contributed by atoms with Crippen LogP contribution in [0.4, 0.5) is 14.5 Å². The molecule has 0 aromatic heterocycles. The monoisotopic (exact) mass is 322 g/mol. The fraction of sp³-hybridized carbons (Fsp3) is 0.462. The van der Waals surface area contributed by atoms with Crippen LogP contribution in [0.2, 0.25) is 0 Å². The summed E-state index contributed by atoms with van der Waals surface area (Å²) in [7, 11) is 0.